The van der Waals surface area contributed by atoms with Crippen molar-refractivity contribution >= 4 is 17.0 Å². The maximum Gasteiger partial charge on any atom is 0.0648 e. The van der Waals surface area contributed by atoms with Crippen LogP contribution in [0.25, 0.3) is 0 Å². The zero-order chi connectivity index (χ0) is 12.0. The largest absolute Gasteiger partial charge is 0.364 e. The van der Waals surface area contributed by atoms with Gasteiger partial charge in [0.1, 0.15) is 0 Å². The molecule has 4 rings (SSSR count). The summed E-state index contributed by atoms with van der Waals surface area (Å²) < 4.78 is 0. The molecule has 2 aromatic rings. The smallest absolute Gasteiger partial charge is 0.0648 e. The molecule has 2 aromatic heterocycles. The molecule has 2 aliphatic heterocycles. The Morgan fingerprint density at radius 1 is 1.44 bits per heavy atom. The van der Waals surface area contributed by atoms with Gasteiger partial charge in [0.05, 0.1) is 5.54 Å². The van der Waals surface area contributed by atoms with Crippen LogP contribution in [0.3, 0.4) is 0 Å². The number of piperazine rings is 1. The Bertz CT molecular complexity index is 539. The molecule has 0 amide bonds. The number of thiophene rings is 1. The number of nitrogens with one attached hydrogen (secondary N) is 1. The van der Waals surface area contributed by atoms with E-state index in [1.165, 1.54) is 17.7 Å². The maximum atomic E-state index is 4.27. The maximum absolute atomic E-state index is 4.27. The van der Waals surface area contributed by atoms with Crippen molar-refractivity contribution in [1.29, 1.82) is 0 Å². The van der Waals surface area contributed by atoms with E-state index in [4.69, 9.17) is 0 Å². The van der Waals surface area contributed by atoms with Gasteiger partial charge in [-0.3, -0.25) is 4.98 Å². The van der Waals surface area contributed by atoms with Crippen molar-refractivity contribution in [3.63, 3.8) is 0 Å². The Morgan fingerprint density at radius 3 is 3.22 bits per heavy atom. The van der Waals surface area contributed by atoms with Gasteiger partial charge in [-0.2, -0.15) is 11.3 Å². The van der Waals surface area contributed by atoms with Crippen LogP contribution in [0.1, 0.15) is 12.0 Å². The number of anilines is 1. The molecule has 2 fully saturated rings. The van der Waals surface area contributed by atoms with E-state index in [2.05, 4.69) is 38.1 Å². The lowest BCUT2D eigenvalue weighted by atomic mass is 9.92. The first kappa shape index (κ1) is 10.5. The summed E-state index contributed by atoms with van der Waals surface area (Å²) in [6.45, 7) is 2.13. The summed E-state index contributed by atoms with van der Waals surface area (Å²) in [6.07, 6.45) is 5.04. The van der Waals surface area contributed by atoms with Crippen molar-refractivity contribution in [1.82, 2.24) is 10.3 Å². The third-order valence-electron chi connectivity index (χ3n) is 4.19. The van der Waals surface area contributed by atoms with E-state index in [-0.39, 0.29) is 5.54 Å². The van der Waals surface area contributed by atoms with Gasteiger partial charge >= 0.3 is 0 Å². The van der Waals surface area contributed by atoms with Crippen LogP contribution < -0.4 is 10.2 Å². The highest BCUT2D eigenvalue weighted by Gasteiger charge is 2.50. The van der Waals surface area contributed by atoms with E-state index < -0.39 is 0 Å². The molecule has 2 aliphatic rings. The second-order valence-corrected chi connectivity index (χ2v) is 5.95. The van der Waals surface area contributed by atoms with E-state index in [0.29, 0.717) is 6.04 Å². The molecule has 2 bridgehead atoms. The predicted molar refractivity (Wildman–Crippen MR) is 74.0 cm³/mol. The quantitative estimate of drug-likeness (QED) is 0.894. The van der Waals surface area contributed by atoms with Crippen molar-refractivity contribution in [2.24, 2.45) is 0 Å². The van der Waals surface area contributed by atoms with Gasteiger partial charge in [-0.05, 0) is 29.5 Å². The summed E-state index contributed by atoms with van der Waals surface area (Å²) in [5, 5.41) is 8.11. The van der Waals surface area contributed by atoms with Crippen molar-refractivity contribution < 1.29 is 0 Å². The molecular weight excluding hydrogens is 242 g/mol. The number of hydrogen-bond donors (Lipinski definition) is 1. The number of aromatic nitrogens is 1. The van der Waals surface area contributed by atoms with Gasteiger partial charge in [0.2, 0.25) is 0 Å². The summed E-state index contributed by atoms with van der Waals surface area (Å²) in [7, 11) is 0. The van der Waals surface area contributed by atoms with E-state index in [1.54, 1.807) is 11.3 Å². The number of hydrogen-bond acceptors (Lipinski definition) is 4. The first-order chi connectivity index (χ1) is 8.87. The minimum Gasteiger partial charge on any atom is -0.364 e. The number of nitrogens with zero attached hydrogens (tertiary/aromatic N) is 2. The summed E-state index contributed by atoms with van der Waals surface area (Å²) in [5.41, 5.74) is 2.81. The molecule has 4 heterocycles. The average Bonchev–Trinajstić information content (AvgIpc) is 3.15. The van der Waals surface area contributed by atoms with E-state index in [9.17, 15) is 0 Å². The molecule has 0 saturated carbocycles. The molecule has 0 spiro atoms. The summed E-state index contributed by atoms with van der Waals surface area (Å²) in [4.78, 5) is 6.81. The van der Waals surface area contributed by atoms with Gasteiger partial charge in [0.15, 0.2) is 0 Å². The lowest BCUT2D eigenvalue weighted by Gasteiger charge is -2.34. The summed E-state index contributed by atoms with van der Waals surface area (Å²) >= 11 is 1.77. The number of fused-ring (bicyclic) bond motifs is 2. The number of rotatable bonds is 2. The number of pyridine rings is 1. The first-order valence-electron chi connectivity index (χ1n) is 6.32. The second kappa shape index (κ2) is 3.80. The Morgan fingerprint density at radius 2 is 2.44 bits per heavy atom. The Kier molecular flexibility index (Phi) is 2.22. The van der Waals surface area contributed by atoms with Gasteiger partial charge in [-0.25, -0.2) is 0 Å². The molecule has 2 unspecified atom stereocenters. The molecule has 2 saturated heterocycles. The van der Waals surface area contributed by atoms with Crippen molar-refractivity contribution in [2.45, 2.75) is 18.0 Å². The molecule has 0 aliphatic carbocycles. The SMILES string of the molecule is c1cncc(C23CC(CN2)N(c2ccsc2)C3)c1. The fourth-order valence-corrected chi connectivity index (χ4v) is 3.95. The lowest BCUT2D eigenvalue weighted by Crippen LogP contribution is -2.49. The third-order valence-corrected chi connectivity index (χ3v) is 4.86. The second-order valence-electron chi connectivity index (χ2n) is 5.17. The highest BCUT2D eigenvalue weighted by molar-refractivity contribution is 7.08. The fourth-order valence-electron chi connectivity index (χ4n) is 3.30. The Hall–Kier alpha value is -1.39. The molecule has 92 valence electrons. The molecule has 3 nitrogen and oxygen atoms in total. The van der Waals surface area contributed by atoms with Crippen LogP contribution in [0.4, 0.5) is 5.69 Å². The monoisotopic (exact) mass is 257 g/mol. The van der Waals surface area contributed by atoms with Crippen LogP contribution in [0.2, 0.25) is 0 Å². The van der Waals surface area contributed by atoms with Crippen molar-refractivity contribution in [3.05, 3.63) is 46.9 Å². The molecule has 1 N–H and O–H groups in total. The fraction of sp³-hybridized carbons (Fsp3) is 0.357. The third kappa shape index (κ3) is 1.42. The molecule has 0 radical (unpaired) electrons. The van der Waals surface area contributed by atoms with Gasteiger partial charge in [0, 0.05) is 42.6 Å². The minimum absolute atomic E-state index is 0.112. The highest BCUT2D eigenvalue weighted by atomic mass is 32.1. The average molecular weight is 257 g/mol. The van der Waals surface area contributed by atoms with Crippen molar-refractivity contribution in [2.75, 3.05) is 18.0 Å². The van der Waals surface area contributed by atoms with Crippen LogP contribution in [-0.4, -0.2) is 24.1 Å². The molecule has 0 aromatic carbocycles. The Labute approximate surface area is 110 Å². The van der Waals surface area contributed by atoms with Crippen molar-refractivity contribution in [3.8, 4) is 0 Å². The highest BCUT2D eigenvalue weighted by Crippen LogP contribution is 2.42. The molecular formula is C14H15N3S. The van der Waals surface area contributed by atoms with Crippen LogP contribution in [-0.2, 0) is 5.54 Å². The van der Waals surface area contributed by atoms with Gasteiger partial charge < -0.3 is 10.2 Å². The lowest BCUT2D eigenvalue weighted by molar-refractivity contribution is 0.412. The zero-order valence-corrected chi connectivity index (χ0v) is 10.9. The summed E-state index contributed by atoms with van der Waals surface area (Å²) in [5.74, 6) is 0. The van der Waals surface area contributed by atoms with Crippen LogP contribution >= 0.6 is 11.3 Å². The topological polar surface area (TPSA) is 28.2 Å². The zero-order valence-electron chi connectivity index (χ0n) is 10.0. The van der Waals surface area contributed by atoms with Crippen LogP contribution in [0.15, 0.2) is 41.4 Å². The summed E-state index contributed by atoms with van der Waals surface area (Å²) in [6, 6.07) is 7.08. The van der Waals surface area contributed by atoms with Crippen LogP contribution in [0.5, 0.6) is 0 Å². The van der Waals surface area contributed by atoms with Crippen LogP contribution in [0, 0.1) is 0 Å². The van der Waals surface area contributed by atoms with Gasteiger partial charge in [0.25, 0.3) is 0 Å². The minimum atomic E-state index is 0.112. The Balaban J connectivity index is 1.70. The predicted octanol–water partition coefficient (Wildman–Crippen LogP) is 2.22. The standard InChI is InChI=1S/C14H15N3S/c1-2-11(7-15-4-1)14-6-13(8-16-14)17(10-14)12-3-5-18-9-12/h1-5,7,9,13,16H,6,8,10H2. The van der Waals surface area contributed by atoms with Gasteiger partial charge in [-0.15, -0.1) is 0 Å². The molecule has 18 heavy (non-hydrogen) atoms. The first-order valence-corrected chi connectivity index (χ1v) is 7.26. The normalized spacial score (nSPS) is 30.0. The molecule has 2 atom stereocenters. The van der Waals surface area contributed by atoms with E-state index >= 15 is 0 Å². The van der Waals surface area contributed by atoms with E-state index in [1.807, 2.05) is 18.5 Å². The molecule has 4 heteroatoms. The van der Waals surface area contributed by atoms with Gasteiger partial charge in [-0.1, -0.05) is 6.07 Å². The van der Waals surface area contributed by atoms with E-state index in [0.717, 1.165) is 13.1 Å².